The first kappa shape index (κ1) is 22.8. The van der Waals surface area contributed by atoms with E-state index in [4.69, 9.17) is 14.5 Å². The normalized spacial score (nSPS) is 11.9. The molecule has 2 aromatic carbocycles. The number of halogens is 6. The average Bonchev–Trinajstić information content (AvgIpc) is 3.46. The molecule has 2 heterocycles. The minimum atomic E-state index is -4.72. The molecule has 0 amide bonds. The molecule has 4 rings (SSSR count). The van der Waals surface area contributed by atoms with Gasteiger partial charge >= 0.3 is 12.4 Å². The molecule has 0 aliphatic heterocycles. The summed E-state index contributed by atoms with van der Waals surface area (Å²) in [7, 11) is 0. The maximum absolute atomic E-state index is 13.4. The standard InChI is InChI=1S/C20H10F6N6O2/c21-19(22,23)12-3-1-10(2-4-12)18-28-16(31-34-18)9-33-14-6-11(5-13(7-14)20(24,25)26)17-15(8-27)29-32-30-17/h1-7H,9H2,(H,29,30,32). The summed E-state index contributed by atoms with van der Waals surface area (Å²) in [5, 5.41) is 22.1. The third kappa shape index (κ3) is 4.82. The minimum Gasteiger partial charge on any atom is -0.485 e. The van der Waals surface area contributed by atoms with Crippen molar-refractivity contribution in [2.45, 2.75) is 19.0 Å². The van der Waals surface area contributed by atoms with Crippen LogP contribution in [0.1, 0.15) is 22.6 Å². The molecule has 0 aliphatic carbocycles. The fourth-order valence-electron chi connectivity index (χ4n) is 2.87. The van der Waals surface area contributed by atoms with Crippen molar-refractivity contribution in [1.82, 2.24) is 25.6 Å². The van der Waals surface area contributed by atoms with E-state index in [0.717, 1.165) is 36.4 Å². The van der Waals surface area contributed by atoms with E-state index in [1.54, 1.807) is 6.07 Å². The quantitative estimate of drug-likeness (QED) is 0.400. The SMILES string of the molecule is N#Cc1n[nH]nc1-c1cc(OCc2noc(-c3ccc(C(F)(F)F)cc3)n2)cc(C(F)(F)F)c1. The Hall–Kier alpha value is -4.41. The molecule has 0 radical (unpaired) electrons. The number of rotatable bonds is 5. The summed E-state index contributed by atoms with van der Waals surface area (Å²) in [4.78, 5) is 3.98. The first-order valence-electron chi connectivity index (χ1n) is 9.21. The lowest BCUT2D eigenvalue weighted by atomic mass is 10.1. The molecule has 0 bridgehead atoms. The van der Waals surface area contributed by atoms with Gasteiger partial charge in [0.05, 0.1) is 11.1 Å². The summed E-state index contributed by atoms with van der Waals surface area (Å²) in [5.74, 6) is -0.385. The highest BCUT2D eigenvalue weighted by molar-refractivity contribution is 5.67. The number of nitriles is 1. The van der Waals surface area contributed by atoms with Gasteiger partial charge in [0.1, 0.15) is 17.5 Å². The van der Waals surface area contributed by atoms with Crippen LogP contribution in [0.5, 0.6) is 5.75 Å². The van der Waals surface area contributed by atoms with Gasteiger partial charge in [-0.05, 0) is 42.5 Å². The number of alkyl halides is 6. The zero-order valence-electron chi connectivity index (χ0n) is 16.6. The number of ether oxygens (including phenoxy) is 1. The Morgan fingerprint density at radius 1 is 0.912 bits per heavy atom. The van der Waals surface area contributed by atoms with Crippen molar-refractivity contribution in [2.24, 2.45) is 0 Å². The molecule has 0 fully saturated rings. The van der Waals surface area contributed by atoms with Gasteiger partial charge in [0, 0.05) is 11.1 Å². The minimum absolute atomic E-state index is 0.0614. The van der Waals surface area contributed by atoms with E-state index in [-0.39, 0.29) is 40.0 Å². The maximum Gasteiger partial charge on any atom is 0.416 e. The summed E-state index contributed by atoms with van der Waals surface area (Å²) >= 11 is 0. The fraction of sp³-hybridized carbons (Fsp3) is 0.150. The predicted molar refractivity (Wildman–Crippen MR) is 101 cm³/mol. The van der Waals surface area contributed by atoms with Gasteiger partial charge in [0.25, 0.3) is 5.89 Å². The van der Waals surface area contributed by atoms with Crippen molar-refractivity contribution in [3.8, 4) is 34.5 Å². The molecule has 0 spiro atoms. The van der Waals surface area contributed by atoms with Gasteiger partial charge in [-0.1, -0.05) is 5.16 Å². The molecule has 14 heteroatoms. The maximum atomic E-state index is 13.4. The fourth-order valence-corrected chi connectivity index (χ4v) is 2.87. The van der Waals surface area contributed by atoms with Crippen LogP contribution in [0.2, 0.25) is 0 Å². The van der Waals surface area contributed by atoms with Crippen LogP contribution in [0.15, 0.2) is 47.0 Å². The van der Waals surface area contributed by atoms with Gasteiger partial charge in [-0.15, -0.1) is 5.10 Å². The average molecular weight is 480 g/mol. The number of hydrogen-bond acceptors (Lipinski definition) is 7. The number of benzene rings is 2. The Morgan fingerprint density at radius 2 is 1.62 bits per heavy atom. The number of H-pyrrole nitrogens is 1. The highest BCUT2D eigenvalue weighted by Crippen LogP contribution is 2.36. The Kier molecular flexibility index (Phi) is 5.70. The molecule has 174 valence electrons. The molecule has 8 nitrogen and oxygen atoms in total. The second-order valence-corrected chi connectivity index (χ2v) is 6.76. The summed E-state index contributed by atoms with van der Waals surface area (Å²) in [6.45, 7) is -0.408. The Bertz CT molecular complexity index is 1350. The summed E-state index contributed by atoms with van der Waals surface area (Å²) in [6, 6.07) is 8.46. The first-order valence-corrected chi connectivity index (χ1v) is 9.21. The Morgan fingerprint density at radius 3 is 2.26 bits per heavy atom. The lowest BCUT2D eigenvalue weighted by Crippen LogP contribution is -2.06. The lowest BCUT2D eigenvalue weighted by Gasteiger charge is -2.11. The zero-order valence-corrected chi connectivity index (χ0v) is 16.6. The molecule has 2 aromatic heterocycles. The zero-order chi connectivity index (χ0) is 24.5. The third-order valence-corrected chi connectivity index (χ3v) is 4.46. The third-order valence-electron chi connectivity index (χ3n) is 4.46. The van der Waals surface area contributed by atoms with Crippen molar-refractivity contribution in [2.75, 3.05) is 0 Å². The van der Waals surface area contributed by atoms with Crippen LogP contribution >= 0.6 is 0 Å². The molecule has 4 aromatic rings. The molecular weight excluding hydrogens is 470 g/mol. The largest absolute Gasteiger partial charge is 0.485 e. The second kappa shape index (κ2) is 8.50. The van der Waals surface area contributed by atoms with E-state index >= 15 is 0 Å². The molecule has 1 N–H and O–H groups in total. The van der Waals surface area contributed by atoms with E-state index in [9.17, 15) is 26.3 Å². The molecule has 34 heavy (non-hydrogen) atoms. The van der Waals surface area contributed by atoms with Gasteiger partial charge in [0.15, 0.2) is 12.3 Å². The van der Waals surface area contributed by atoms with E-state index < -0.39 is 30.1 Å². The van der Waals surface area contributed by atoms with Crippen LogP contribution in [0, 0.1) is 11.3 Å². The van der Waals surface area contributed by atoms with E-state index in [1.807, 2.05) is 0 Å². The Labute approximate surface area is 185 Å². The van der Waals surface area contributed by atoms with Gasteiger partial charge in [-0.25, -0.2) is 0 Å². The van der Waals surface area contributed by atoms with Gasteiger partial charge in [-0.3, -0.25) is 0 Å². The summed E-state index contributed by atoms with van der Waals surface area (Å²) in [6.07, 6.45) is -9.22. The molecule has 0 atom stereocenters. The van der Waals surface area contributed by atoms with Gasteiger partial charge < -0.3 is 9.26 Å². The monoisotopic (exact) mass is 480 g/mol. The number of nitrogens with one attached hydrogen (secondary N) is 1. The molecule has 0 saturated heterocycles. The Balaban J connectivity index is 1.55. The van der Waals surface area contributed by atoms with Crippen molar-refractivity contribution in [1.29, 1.82) is 5.26 Å². The van der Waals surface area contributed by atoms with E-state index in [1.165, 1.54) is 6.07 Å². The molecule has 0 saturated carbocycles. The number of aromatic amines is 1. The van der Waals surface area contributed by atoms with Crippen molar-refractivity contribution in [3.63, 3.8) is 0 Å². The summed E-state index contributed by atoms with van der Waals surface area (Å²) in [5.41, 5.74) is -2.05. The van der Waals surface area contributed by atoms with Crippen LogP contribution < -0.4 is 4.74 Å². The second-order valence-electron chi connectivity index (χ2n) is 6.76. The van der Waals surface area contributed by atoms with Crippen molar-refractivity contribution >= 4 is 0 Å². The van der Waals surface area contributed by atoms with Gasteiger partial charge in [0.2, 0.25) is 5.82 Å². The van der Waals surface area contributed by atoms with Crippen LogP contribution in [0.25, 0.3) is 22.7 Å². The van der Waals surface area contributed by atoms with Crippen LogP contribution in [0.3, 0.4) is 0 Å². The van der Waals surface area contributed by atoms with E-state index in [2.05, 4.69) is 25.6 Å². The first-order chi connectivity index (χ1) is 16.0. The number of aromatic nitrogens is 5. The van der Waals surface area contributed by atoms with Crippen LogP contribution in [-0.2, 0) is 19.0 Å². The van der Waals surface area contributed by atoms with Crippen molar-refractivity contribution < 1.29 is 35.6 Å². The lowest BCUT2D eigenvalue weighted by molar-refractivity contribution is -0.138. The summed E-state index contributed by atoms with van der Waals surface area (Å²) < 4.78 is 88.5. The molecule has 0 unspecified atom stereocenters. The predicted octanol–water partition coefficient (Wildman–Crippen LogP) is 5.01. The van der Waals surface area contributed by atoms with E-state index in [0.29, 0.717) is 0 Å². The highest BCUT2D eigenvalue weighted by Gasteiger charge is 2.32. The number of hydrogen-bond donors (Lipinski definition) is 1. The van der Waals surface area contributed by atoms with Crippen LogP contribution in [-0.4, -0.2) is 25.6 Å². The van der Waals surface area contributed by atoms with Crippen LogP contribution in [0.4, 0.5) is 26.3 Å². The van der Waals surface area contributed by atoms with Crippen molar-refractivity contribution in [3.05, 3.63) is 65.1 Å². The molecular formula is C20H10F6N6O2. The number of nitrogens with zero attached hydrogens (tertiary/aromatic N) is 5. The topological polar surface area (TPSA) is 114 Å². The molecule has 0 aliphatic rings. The highest BCUT2D eigenvalue weighted by atomic mass is 19.4. The smallest absolute Gasteiger partial charge is 0.416 e. The van der Waals surface area contributed by atoms with Gasteiger partial charge in [-0.2, -0.15) is 46.9 Å².